The fourth-order valence-corrected chi connectivity index (χ4v) is 0.833. The number of H-pyrrole nitrogens is 1. The van der Waals surface area contributed by atoms with Crippen LogP contribution in [0, 0.1) is 0 Å². The van der Waals surface area contributed by atoms with Crippen LogP contribution in [0.15, 0.2) is 17.2 Å². The molecule has 0 unspecified atom stereocenters. The first-order chi connectivity index (χ1) is 5.72. The maximum Gasteiger partial charge on any atom is 0.250 e. The van der Waals surface area contributed by atoms with E-state index in [1.54, 1.807) is 6.92 Å². The molecule has 12 heavy (non-hydrogen) atoms. The number of carbonyl (C=O) groups excluding carboxylic acids is 1. The number of ketones is 1. The van der Waals surface area contributed by atoms with Crippen LogP contribution in [-0.2, 0) is 11.2 Å². The van der Waals surface area contributed by atoms with Crippen molar-refractivity contribution >= 4 is 5.78 Å². The summed E-state index contributed by atoms with van der Waals surface area (Å²) in [5.74, 6) is 0.0908. The second-order valence-corrected chi connectivity index (χ2v) is 2.47. The lowest BCUT2D eigenvalue weighted by Crippen LogP contribution is -2.10. The highest BCUT2D eigenvalue weighted by Gasteiger charge is 2.01. The van der Waals surface area contributed by atoms with Crippen LogP contribution in [0.2, 0.25) is 0 Å². The Morgan fingerprint density at radius 2 is 2.42 bits per heavy atom. The van der Waals surface area contributed by atoms with Crippen LogP contribution in [0.3, 0.4) is 0 Å². The van der Waals surface area contributed by atoms with Crippen molar-refractivity contribution in [1.82, 2.24) is 9.97 Å². The Balaban J connectivity index is 2.76. The van der Waals surface area contributed by atoms with Gasteiger partial charge in [-0.25, -0.2) is 4.98 Å². The summed E-state index contributed by atoms with van der Waals surface area (Å²) in [6.07, 6.45) is 2.04. The number of hydrogen-bond donors (Lipinski definition) is 1. The van der Waals surface area contributed by atoms with Gasteiger partial charge in [-0.2, -0.15) is 0 Å². The molecule has 0 spiro atoms. The van der Waals surface area contributed by atoms with E-state index in [2.05, 4.69) is 9.97 Å². The molecule has 1 aromatic rings. The highest BCUT2D eigenvalue weighted by molar-refractivity contribution is 5.79. The molecule has 1 aromatic heterocycles. The highest BCUT2D eigenvalue weighted by Crippen LogP contribution is 1.93. The van der Waals surface area contributed by atoms with Crippen LogP contribution < -0.4 is 5.56 Å². The van der Waals surface area contributed by atoms with Crippen molar-refractivity contribution < 1.29 is 4.79 Å². The number of nitrogens with one attached hydrogen (secondary N) is 1. The van der Waals surface area contributed by atoms with Crippen molar-refractivity contribution in [2.75, 3.05) is 0 Å². The predicted octanol–water partition coefficient (Wildman–Crippen LogP) is 0.291. The van der Waals surface area contributed by atoms with Crippen molar-refractivity contribution in [3.8, 4) is 0 Å². The van der Waals surface area contributed by atoms with Gasteiger partial charge in [0.25, 0.3) is 5.56 Å². The summed E-state index contributed by atoms with van der Waals surface area (Å²) in [4.78, 5) is 27.9. The summed E-state index contributed by atoms with van der Waals surface area (Å²) >= 11 is 0. The molecular formula is C8H10N2O2. The highest BCUT2D eigenvalue weighted by atomic mass is 16.1. The molecule has 0 amide bonds. The van der Waals surface area contributed by atoms with E-state index in [-0.39, 0.29) is 17.8 Å². The van der Waals surface area contributed by atoms with E-state index < -0.39 is 0 Å². The van der Waals surface area contributed by atoms with Crippen molar-refractivity contribution in [1.29, 1.82) is 0 Å². The number of hydrogen-bond acceptors (Lipinski definition) is 3. The topological polar surface area (TPSA) is 62.8 Å². The molecule has 1 N–H and O–H groups in total. The largest absolute Gasteiger partial charge is 0.313 e. The molecular weight excluding hydrogens is 156 g/mol. The van der Waals surface area contributed by atoms with Crippen LogP contribution in [0.5, 0.6) is 0 Å². The van der Waals surface area contributed by atoms with Crippen molar-refractivity contribution in [3.63, 3.8) is 0 Å². The molecule has 0 aliphatic carbocycles. The van der Waals surface area contributed by atoms with E-state index in [4.69, 9.17) is 0 Å². The Morgan fingerprint density at radius 1 is 1.67 bits per heavy atom. The second kappa shape index (κ2) is 3.80. The molecule has 0 aliphatic heterocycles. The molecule has 0 aromatic carbocycles. The van der Waals surface area contributed by atoms with Gasteiger partial charge in [-0.05, 0) is 0 Å². The van der Waals surface area contributed by atoms with Gasteiger partial charge in [0.15, 0.2) is 0 Å². The molecule has 1 rings (SSSR count). The van der Waals surface area contributed by atoms with Gasteiger partial charge in [-0.15, -0.1) is 0 Å². The van der Waals surface area contributed by atoms with Crippen LogP contribution in [-0.4, -0.2) is 15.8 Å². The quantitative estimate of drug-likeness (QED) is 0.702. The van der Waals surface area contributed by atoms with E-state index >= 15 is 0 Å². The summed E-state index contributed by atoms with van der Waals surface area (Å²) < 4.78 is 0. The van der Waals surface area contributed by atoms with E-state index in [9.17, 15) is 9.59 Å². The van der Waals surface area contributed by atoms with Gasteiger partial charge >= 0.3 is 0 Å². The lowest BCUT2D eigenvalue weighted by molar-refractivity contribution is -0.118. The molecule has 0 saturated heterocycles. The summed E-state index contributed by atoms with van der Waals surface area (Å²) in [5.41, 5.74) is 0.314. The van der Waals surface area contributed by atoms with Gasteiger partial charge in [0.05, 0.1) is 12.0 Å². The minimum absolute atomic E-state index is 0.0908. The molecule has 0 atom stereocenters. The summed E-state index contributed by atoms with van der Waals surface area (Å²) in [7, 11) is 0. The first-order valence-corrected chi connectivity index (χ1v) is 3.77. The van der Waals surface area contributed by atoms with Crippen molar-refractivity contribution in [2.45, 2.75) is 19.8 Å². The number of nitrogens with zero attached hydrogens (tertiary/aromatic N) is 1. The monoisotopic (exact) mass is 166 g/mol. The predicted molar refractivity (Wildman–Crippen MR) is 43.9 cm³/mol. The zero-order valence-corrected chi connectivity index (χ0v) is 6.83. The summed E-state index contributed by atoms with van der Waals surface area (Å²) in [6, 6.07) is 1.34. The number of aromatic nitrogens is 2. The molecule has 0 bridgehead atoms. The second-order valence-electron chi connectivity index (χ2n) is 2.47. The fourth-order valence-electron chi connectivity index (χ4n) is 0.833. The fraction of sp³-hybridized carbons (Fsp3) is 0.375. The molecule has 4 heteroatoms. The van der Waals surface area contributed by atoms with Crippen molar-refractivity contribution in [2.24, 2.45) is 0 Å². The SMILES string of the molecule is CCC(=O)Cc1cc(=O)[nH]cn1. The Bertz CT molecular complexity index is 330. The molecule has 0 aliphatic rings. The zero-order chi connectivity index (χ0) is 8.97. The third kappa shape index (κ3) is 2.30. The smallest absolute Gasteiger partial charge is 0.250 e. The first-order valence-electron chi connectivity index (χ1n) is 3.77. The summed E-state index contributed by atoms with van der Waals surface area (Å²) in [5, 5.41) is 0. The van der Waals surface area contributed by atoms with Crippen LogP contribution in [0.25, 0.3) is 0 Å². The van der Waals surface area contributed by atoms with E-state index in [1.165, 1.54) is 12.4 Å². The molecule has 1 heterocycles. The Labute approximate surface area is 69.7 Å². The maximum absolute atomic E-state index is 10.9. The van der Waals surface area contributed by atoms with Crippen LogP contribution >= 0.6 is 0 Å². The lowest BCUT2D eigenvalue weighted by Gasteiger charge is -1.95. The normalized spacial score (nSPS) is 9.75. The average molecular weight is 166 g/mol. The molecule has 0 saturated carbocycles. The molecule has 64 valence electrons. The number of Topliss-reactive ketones (excluding diaryl/α,β-unsaturated/α-hetero) is 1. The minimum Gasteiger partial charge on any atom is -0.313 e. The number of carbonyl (C=O) groups is 1. The van der Waals surface area contributed by atoms with Crippen LogP contribution in [0.4, 0.5) is 0 Å². The maximum atomic E-state index is 10.9. The van der Waals surface area contributed by atoms with Gasteiger partial charge in [0.1, 0.15) is 5.78 Å². The van der Waals surface area contributed by atoms with Gasteiger partial charge in [0.2, 0.25) is 0 Å². The number of aromatic amines is 1. The standard InChI is InChI=1S/C8H10N2O2/c1-2-7(11)3-6-4-8(12)10-5-9-6/h4-5H,2-3H2,1H3,(H,9,10,12). The van der Waals surface area contributed by atoms with Gasteiger partial charge in [-0.3, -0.25) is 9.59 Å². The van der Waals surface area contributed by atoms with Gasteiger partial charge in [0, 0.05) is 18.9 Å². The first kappa shape index (κ1) is 8.64. The third-order valence-corrected chi connectivity index (χ3v) is 1.51. The Hall–Kier alpha value is -1.45. The average Bonchev–Trinajstić information content (AvgIpc) is 2.04. The van der Waals surface area contributed by atoms with Gasteiger partial charge < -0.3 is 4.98 Å². The van der Waals surface area contributed by atoms with E-state index in [0.29, 0.717) is 12.1 Å². The van der Waals surface area contributed by atoms with E-state index in [0.717, 1.165) is 0 Å². The molecule has 0 fully saturated rings. The Kier molecular flexibility index (Phi) is 2.74. The molecule has 4 nitrogen and oxygen atoms in total. The lowest BCUT2D eigenvalue weighted by atomic mass is 10.2. The van der Waals surface area contributed by atoms with Crippen LogP contribution in [0.1, 0.15) is 19.0 Å². The van der Waals surface area contributed by atoms with Gasteiger partial charge in [-0.1, -0.05) is 6.92 Å². The summed E-state index contributed by atoms with van der Waals surface area (Å²) in [6.45, 7) is 1.79. The minimum atomic E-state index is -0.219. The third-order valence-electron chi connectivity index (χ3n) is 1.51. The Morgan fingerprint density at radius 3 is 3.00 bits per heavy atom. The molecule has 0 radical (unpaired) electrons. The number of rotatable bonds is 3. The van der Waals surface area contributed by atoms with E-state index in [1.807, 2.05) is 0 Å². The zero-order valence-electron chi connectivity index (χ0n) is 6.83. The van der Waals surface area contributed by atoms with Crippen molar-refractivity contribution in [3.05, 3.63) is 28.4 Å².